The molecular weight excluding hydrogens is 276 g/mol. The molecule has 0 unspecified atom stereocenters. The maximum atomic E-state index is 11.9. The lowest BCUT2D eigenvalue weighted by molar-refractivity contribution is 0.0216. The summed E-state index contributed by atoms with van der Waals surface area (Å²) in [6.07, 6.45) is 1.93. The van der Waals surface area contributed by atoms with E-state index < -0.39 is 5.60 Å². The van der Waals surface area contributed by atoms with Crippen LogP contribution in [0.1, 0.15) is 44.4 Å². The number of carbonyl (C=O) groups is 1. The first-order valence-corrected chi connectivity index (χ1v) is 7.63. The Morgan fingerprint density at radius 2 is 2.05 bits per heavy atom. The van der Waals surface area contributed by atoms with Crippen LogP contribution in [0.5, 0.6) is 0 Å². The molecule has 0 bridgehead atoms. The lowest BCUT2D eigenvalue weighted by atomic mass is 10.00. The first kappa shape index (κ1) is 14.8. The molecule has 0 saturated carbocycles. The Hall–Kier alpha value is -2.10. The zero-order valence-electron chi connectivity index (χ0n) is 13.6. The largest absolute Gasteiger partial charge is 0.444 e. The van der Waals surface area contributed by atoms with E-state index in [-0.39, 0.29) is 6.09 Å². The topological polar surface area (TPSA) is 41.9 Å². The van der Waals surface area contributed by atoms with Crippen molar-refractivity contribution < 1.29 is 9.53 Å². The second-order valence-corrected chi connectivity index (χ2v) is 6.96. The van der Waals surface area contributed by atoms with Gasteiger partial charge in [0.05, 0.1) is 6.54 Å². The van der Waals surface area contributed by atoms with E-state index in [9.17, 15) is 4.79 Å². The number of nitrogens with zero attached hydrogens (tertiary/aromatic N) is 2. The third-order valence-electron chi connectivity index (χ3n) is 3.82. The smallest absolute Gasteiger partial charge is 0.410 e. The van der Waals surface area contributed by atoms with Crippen molar-refractivity contribution in [2.45, 2.75) is 39.8 Å². The van der Waals surface area contributed by atoms with Gasteiger partial charge in [-0.25, -0.2) is 4.79 Å². The molecule has 1 fully saturated rings. The zero-order valence-corrected chi connectivity index (χ0v) is 13.6. The van der Waals surface area contributed by atoms with Crippen LogP contribution < -0.4 is 0 Å². The number of fused-ring (bicyclic) bond motifs is 1. The number of likely N-dealkylation sites (tertiary alicyclic amines) is 1. The van der Waals surface area contributed by atoms with Gasteiger partial charge in [0.15, 0.2) is 0 Å². The fourth-order valence-electron chi connectivity index (χ4n) is 2.70. The van der Waals surface area contributed by atoms with Crippen LogP contribution in [0.4, 0.5) is 4.79 Å². The van der Waals surface area contributed by atoms with E-state index in [2.05, 4.69) is 36.2 Å². The van der Waals surface area contributed by atoms with Gasteiger partial charge in [-0.05, 0) is 50.5 Å². The van der Waals surface area contributed by atoms with E-state index in [1.54, 1.807) is 4.90 Å². The molecule has 0 N–H and O–H groups in total. The molecule has 1 saturated heterocycles. The molecular formula is C18H22N2O2. The van der Waals surface area contributed by atoms with Crippen molar-refractivity contribution in [3.63, 3.8) is 0 Å². The Morgan fingerprint density at radius 3 is 2.73 bits per heavy atom. The number of benzene rings is 1. The van der Waals surface area contributed by atoms with E-state index >= 15 is 0 Å². The molecule has 22 heavy (non-hydrogen) atoms. The van der Waals surface area contributed by atoms with Gasteiger partial charge in [0, 0.05) is 24.4 Å². The number of amides is 1. The summed E-state index contributed by atoms with van der Waals surface area (Å²) in [6.45, 7) is 9.79. The van der Waals surface area contributed by atoms with Crippen LogP contribution in [-0.2, 0) is 11.3 Å². The lowest BCUT2D eigenvalue weighted by Crippen LogP contribution is -2.46. The zero-order chi connectivity index (χ0) is 15.9. The van der Waals surface area contributed by atoms with Crippen molar-refractivity contribution in [3.8, 4) is 0 Å². The van der Waals surface area contributed by atoms with Gasteiger partial charge >= 0.3 is 6.09 Å². The fraction of sp³-hybridized carbons (Fsp3) is 0.444. The van der Waals surface area contributed by atoms with Crippen LogP contribution in [0.2, 0.25) is 0 Å². The standard InChI is InChI=1S/C18H22N2O2/c1-12-16-6-5-13(8-15(16)9-19-12)7-14-10-20(11-14)17(21)22-18(2,3)4/h5-8H,9-11H2,1-4H3. The van der Waals surface area contributed by atoms with E-state index in [4.69, 9.17) is 4.74 Å². The highest BCUT2D eigenvalue weighted by Crippen LogP contribution is 2.24. The SMILES string of the molecule is CC1=NCc2cc(C=C3CN(C(=O)OC(C)(C)C)C3)ccc21. The van der Waals surface area contributed by atoms with Crippen LogP contribution in [0, 0.1) is 0 Å². The molecule has 0 aromatic heterocycles. The molecule has 4 heteroatoms. The van der Waals surface area contributed by atoms with Crippen molar-refractivity contribution in [3.05, 3.63) is 40.5 Å². The van der Waals surface area contributed by atoms with Gasteiger partial charge in [-0.15, -0.1) is 0 Å². The Balaban J connectivity index is 1.62. The summed E-state index contributed by atoms with van der Waals surface area (Å²) in [5.41, 5.74) is 5.66. The number of rotatable bonds is 1. The quantitative estimate of drug-likeness (QED) is 0.794. The van der Waals surface area contributed by atoms with Gasteiger partial charge in [0.1, 0.15) is 5.60 Å². The summed E-state index contributed by atoms with van der Waals surface area (Å²) in [5, 5.41) is 0. The average Bonchev–Trinajstić information content (AvgIpc) is 2.72. The van der Waals surface area contributed by atoms with Crippen molar-refractivity contribution in [2.75, 3.05) is 13.1 Å². The Kier molecular flexibility index (Phi) is 3.55. The van der Waals surface area contributed by atoms with Crippen molar-refractivity contribution in [2.24, 2.45) is 4.99 Å². The highest BCUT2D eigenvalue weighted by Gasteiger charge is 2.29. The van der Waals surface area contributed by atoms with Gasteiger partial charge < -0.3 is 9.64 Å². The Bertz CT molecular complexity index is 673. The minimum Gasteiger partial charge on any atom is -0.444 e. The number of ether oxygens (including phenoxy) is 1. The van der Waals surface area contributed by atoms with E-state index in [1.165, 1.54) is 22.3 Å². The van der Waals surface area contributed by atoms with Crippen LogP contribution in [0.3, 0.4) is 0 Å². The third-order valence-corrected chi connectivity index (χ3v) is 3.82. The molecule has 1 aromatic carbocycles. The maximum Gasteiger partial charge on any atom is 0.410 e. The molecule has 0 aliphatic carbocycles. The molecule has 1 amide bonds. The van der Waals surface area contributed by atoms with Crippen LogP contribution in [0.25, 0.3) is 6.08 Å². The first-order valence-electron chi connectivity index (χ1n) is 7.63. The summed E-state index contributed by atoms with van der Waals surface area (Å²) >= 11 is 0. The number of aliphatic imine (C=N–C) groups is 1. The van der Waals surface area contributed by atoms with Crippen molar-refractivity contribution in [1.29, 1.82) is 0 Å². The Morgan fingerprint density at radius 1 is 1.32 bits per heavy atom. The fourth-order valence-corrected chi connectivity index (χ4v) is 2.70. The average molecular weight is 298 g/mol. The minimum absolute atomic E-state index is 0.234. The predicted octanol–water partition coefficient (Wildman–Crippen LogP) is 3.64. The van der Waals surface area contributed by atoms with E-state index in [1.807, 2.05) is 20.8 Å². The minimum atomic E-state index is -0.436. The monoisotopic (exact) mass is 298 g/mol. The molecule has 0 radical (unpaired) electrons. The normalized spacial score (nSPS) is 16.8. The van der Waals surface area contributed by atoms with Gasteiger partial charge in [0.25, 0.3) is 0 Å². The highest BCUT2D eigenvalue weighted by molar-refractivity contribution is 6.02. The van der Waals surface area contributed by atoms with Crippen LogP contribution in [0.15, 0.2) is 28.8 Å². The summed E-state index contributed by atoms with van der Waals surface area (Å²) in [5.74, 6) is 0. The third kappa shape index (κ3) is 3.06. The molecule has 3 rings (SSSR count). The molecule has 2 heterocycles. The lowest BCUT2D eigenvalue weighted by Gasteiger charge is -2.35. The summed E-state index contributed by atoms with van der Waals surface area (Å²) in [7, 11) is 0. The molecule has 2 aliphatic rings. The Labute approximate surface area is 131 Å². The van der Waals surface area contributed by atoms with Crippen molar-refractivity contribution in [1.82, 2.24) is 4.90 Å². The molecule has 0 spiro atoms. The van der Waals surface area contributed by atoms with Gasteiger partial charge in [-0.1, -0.05) is 18.2 Å². The highest BCUT2D eigenvalue weighted by atomic mass is 16.6. The van der Waals surface area contributed by atoms with Gasteiger partial charge in [-0.2, -0.15) is 0 Å². The predicted molar refractivity (Wildman–Crippen MR) is 88.1 cm³/mol. The van der Waals surface area contributed by atoms with Crippen LogP contribution >= 0.6 is 0 Å². The second-order valence-electron chi connectivity index (χ2n) is 6.96. The second kappa shape index (κ2) is 5.27. The van der Waals surface area contributed by atoms with Gasteiger partial charge in [-0.3, -0.25) is 4.99 Å². The molecule has 4 nitrogen and oxygen atoms in total. The molecule has 1 aromatic rings. The molecule has 2 aliphatic heterocycles. The van der Waals surface area contributed by atoms with Crippen LogP contribution in [-0.4, -0.2) is 35.4 Å². The molecule has 116 valence electrons. The van der Waals surface area contributed by atoms with E-state index in [0.717, 1.165) is 12.3 Å². The van der Waals surface area contributed by atoms with E-state index in [0.29, 0.717) is 13.1 Å². The summed E-state index contributed by atoms with van der Waals surface area (Å²) in [4.78, 5) is 18.1. The van der Waals surface area contributed by atoms with Gasteiger partial charge in [0.2, 0.25) is 0 Å². The van der Waals surface area contributed by atoms with Crippen molar-refractivity contribution >= 4 is 17.9 Å². The molecule has 0 atom stereocenters. The number of hydrogen-bond donors (Lipinski definition) is 0. The number of hydrogen-bond acceptors (Lipinski definition) is 3. The summed E-state index contributed by atoms with van der Waals surface area (Å²) < 4.78 is 5.36. The first-order chi connectivity index (χ1) is 10.3. The maximum absolute atomic E-state index is 11.9. The number of carbonyl (C=O) groups excluding carboxylic acids is 1. The summed E-state index contributed by atoms with van der Waals surface area (Å²) in [6, 6.07) is 6.45.